The van der Waals surface area contributed by atoms with Crippen molar-refractivity contribution < 1.29 is 13.9 Å². The molecule has 3 aromatic carbocycles. The number of benzene rings is 3. The number of anilines is 1. The molecule has 0 bridgehead atoms. The van der Waals surface area contributed by atoms with Crippen LogP contribution in [-0.4, -0.2) is 28.8 Å². The number of hydrogen-bond acceptors (Lipinski definition) is 6. The second-order valence-electron chi connectivity index (χ2n) is 8.43. The smallest absolute Gasteiger partial charge is 0.153 e. The van der Waals surface area contributed by atoms with Gasteiger partial charge in [-0.05, 0) is 42.0 Å². The quantitative estimate of drug-likeness (QED) is 0.302. The summed E-state index contributed by atoms with van der Waals surface area (Å²) in [4.78, 5) is 4.87. The molecule has 0 fully saturated rings. The highest BCUT2D eigenvalue weighted by Gasteiger charge is 2.14. The van der Waals surface area contributed by atoms with Gasteiger partial charge in [0.15, 0.2) is 5.82 Å². The molecule has 2 aromatic heterocycles. The van der Waals surface area contributed by atoms with Crippen LogP contribution in [0.5, 0.6) is 11.5 Å². The fraction of sp³-hybridized carbons (Fsp3) is 0.138. The second kappa shape index (κ2) is 10.4. The largest absolute Gasteiger partial charge is 0.497 e. The first-order chi connectivity index (χ1) is 18.1. The summed E-state index contributed by atoms with van der Waals surface area (Å²) in [5, 5.41) is 17.5. The van der Waals surface area contributed by atoms with Gasteiger partial charge in [-0.2, -0.15) is 10.4 Å². The van der Waals surface area contributed by atoms with Crippen LogP contribution in [0.25, 0.3) is 16.8 Å². The Balaban J connectivity index is 1.55. The zero-order chi connectivity index (χ0) is 25.8. The lowest BCUT2D eigenvalue weighted by Gasteiger charge is -2.13. The van der Waals surface area contributed by atoms with Crippen molar-refractivity contribution in [3.8, 4) is 28.8 Å². The maximum absolute atomic E-state index is 14.3. The average molecular weight is 494 g/mol. The molecule has 7 nitrogen and oxygen atoms in total. The van der Waals surface area contributed by atoms with Gasteiger partial charge < -0.3 is 14.8 Å². The Morgan fingerprint density at radius 2 is 1.84 bits per heavy atom. The van der Waals surface area contributed by atoms with E-state index in [-0.39, 0.29) is 5.82 Å². The van der Waals surface area contributed by atoms with Gasteiger partial charge in [-0.15, -0.1) is 0 Å². The Morgan fingerprint density at radius 1 is 0.973 bits per heavy atom. The van der Waals surface area contributed by atoms with Gasteiger partial charge in [-0.25, -0.2) is 13.9 Å². The molecule has 0 aliphatic rings. The fourth-order valence-electron chi connectivity index (χ4n) is 4.16. The van der Waals surface area contributed by atoms with Gasteiger partial charge in [0.25, 0.3) is 0 Å². The zero-order valence-electron chi connectivity index (χ0n) is 20.4. The van der Waals surface area contributed by atoms with Crippen LogP contribution >= 0.6 is 0 Å². The van der Waals surface area contributed by atoms with Crippen molar-refractivity contribution in [3.63, 3.8) is 0 Å². The molecule has 0 unspecified atom stereocenters. The summed E-state index contributed by atoms with van der Waals surface area (Å²) in [5.41, 5.74) is 4.92. The molecular weight excluding hydrogens is 469 g/mol. The van der Waals surface area contributed by atoms with Gasteiger partial charge in [0.05, 0.1) is 43.4 Å². The molecule has 0 amide bonds. The molecular formula is C29H24FN5O2. The molecule has 0 radical (unpaired) electrons. The molecule has 5 rings (SSSR count). The lowest BCUT2D eigenvalue weighted by Crippen LogP contribution is -2.06. The van der Waals surface area contributed by atoms with E-state index in [1.165, 1.54) is 6.07 Å². The number of fused-ring (bicyclic) bond motifs is 1. The summed E-state index contributed by atoms with van der Waals surface area (Å²) in [6, 6.07) is 23.6. The topological polar surface area (TPSA) is 84.5 Å². The summed E-state index contributed by atoms with van der Waals surface area (Å²) >= 11 is 0. The van der Waals surface area contributed by atoms with E-state index in [0.717, 1.165) is 16.6 Å². The van der Waals surface area contributed by atoms with E-state index in [0.29, 0.717) is 52.8 Å². The molecule has 0 saturated carbocycles. The van der Waals surface area contributed by atoms with Crippen molar-refractivity contribution in [2.75, 3.05) is 19.5 Å². The Morgan fingerprint density at radius 3 is 2.62 bits per heavy atom. The minimum absolute atomic E-state index is 0.267. The van der Waals surface area contributed by atoms with Crippen molar-refractivity contribution in [2.45, 2.75) is 13.0 Å². The highest BCUT2D eigenvalue weighted by Crippen LogP contribution is 2.28. The molecule has 0 saturated heterocycles. The van der Waals surface area contributed by atoms with E-state index >= 15 is 0 Å². The number of nitrogens with one attached hydrogen (secondary N) is 1. The van der Waals surface area contributed by atoms with Crippen LogP contribution in [0, 0.1) is 17.1 Å². The molecule has 2 heterocycles. The Kier molecular flexibility index (Phi) is 6.68. The Hall–Kier alpha value is -4.90. The van der Waals surface area contributed by atoms with Crippen molar-refractivity contribution in [3.05, 3.63) is 107 Å². The molecule has 0 atom stereocenters. The van der Waals surface area contributed by atoms with E-state index in [9.17, 15) is 9.65 Å². The first-order valence-electron chi connectivity index (χ1n) is 11.7. The predicted molar refractivity (Wildman–Crippen MR) is 139 cm³/mol. The maximum atomic E-state index is 14.3. The number of aromatic nitrogens is 3. The first-order valence-corrected chi connectivity index (χ1v) is 11.7. The third-order valence-corrected chi connectivity index (χ3v) is 6.06. The van der Waals surface area contributed by atoms with Crippen LogP contribution in [0.1, 0.15) is 22.4 Å². The van der Waals surface area contributed by atoms with Crippen molar-refractivity contribution in [1.29, 1.82) is 5.26 Å². The lowest BCUT2D eigenvalue weighted by molar-refractivity contribution is 0.391. The SMILES string of the molecule is COc1ccc(CNc2nc(-c3cccc(C#N)c3)cn3nc(Cc4ccccc4F)cc23)c(OC)c1. The molecule has 5 aromatic rings. The van der Waals surface area contributed by atoms with E-state index in [4.69, 9.17) is 19.6 Å². The summed E-state index contributed by atoms with van der Waals surface area (Å²) in [7, 11) is 3.22. The van der Waals surface area contributed by atoms with Crippen molar-refractivity contribution in [2.24, 2.45) is 0 Å². The summed E-state index contributed by atoms with van der Waals surface area (Å²) in [6.45, 7) is 0.436. The summed E-state index contributed by atoms with van der Waals surface area (Å²) in [6.07, 6.45) is 2.16. The van der Waals surface area contributed by atoms with Crippen LogP contribution in [0.3, 0.4) is 0 Å². The van der Waals surface area contributed by atoms with Crippen molar-refractivity contribution in [1.82, 2.24) is 14.6 Å². The average Bonchev–Trinajstić information content (AvgIpc) is 3.35. The van der Waals surface area contributed by atoms with E-state index in [1.807, 2.05) is 48.7 Å². The van der Waals surface area contributed by atoms with Crippen LogP contribution in [0.2, 0.25) is 0 Å². The Bertz CT molecular complexity index is 1620. The highest BCUT2D eigenvalue weighted by atomic mass is 19.1. The first kappa shape index (κ1) is 23.8. The van der Waals surface area contributed by atoms with Crippen LogP contribution in [0.4, 0.5) is 10.2 Å². The number of nitriles is 1. The number of halogens is 1. The molecule has 0 spiro atoms. The van der Waals surface area contributed by atoms with Crippen LogP contribution < -0.4 is 14.8 Å². The number of nitrogens with zero attached hydrogens (tertiary/aromatic N) is 4. The number of hydrogen-bond donors (Lipinski definition) is 1. The lowest BCUT2D eigenvalue weighted by atomic mass is 10.1. The number of rotatable bonds is 8. The standard InChI is InChI=1S/C29H24FN5O2/c1-36-24-11-10-22(28(15-24)37-2)17-32-29-27-14-23(13-20-7-3-4-9-25(20)30)34-35(27)18-26(33-29)21-8-5-6-19(12-21)16-31/h3-12,14-15,18H,13,17H2,1-2H3,(H,32,33). The molecule has 184 valence electrons. The Labute approximate surface area is 213 Å². The van der Waals surface area contributed by atoms with Gasteiger partial charge in [0.2, 0.25) is 0 Å². The monoisotopic (exact) mass is 493 g/mol. The van der Waals surface area contributed by atoms with E-state index < -0.39 is 0 Å². The minimum Gasteiger partial charge on any atom is -0.497 e. The van der Waals surface area contributed by atoms with Crippen LogP contribution in [-0.2, 0) is 13.0 Å². The molecule has 1 N–H and O–H groups in total. The molecule has 0 aliphatic heterocycles. The third kappa shape index (κ3) is 5.07. The van der Waals surface area contributed by atoms with Gasteiger partial charge in [-0.1, -0.05) is 30.3 Å². The maximum Gasteiger partial charge on any atom is 0.153 e. The summed E-state index contributed by atoms with van der Waals surface area (Å²) < 4.78 is 26.9. The number of methoxy groups -OCH3 is 2. The molecule has 8 heteroatoms. The van der Waals surface area contributed by atoms with Gasteiger partial charge in [0, 0.05) is 30.2 Å². The molecule has 0 aliphatic carbocycles. The normalized spacial score (nSPS) is 10.8. The minimum atomic E-state index is -0.267. The highest BCUT2D eigenvalue weighted by molar-refractivity contribution is 5.73. The predicted octanol–water partition coefficient (Wildman–Crippen LogP) is 5.63. The summed E-state index contributed by atoms with van der Waals surface area (Å²) in [5.74, 6) is 1.73. The van der Waals surface area contributed by atoms with E-state index in [2.05, 4.69) is 11.4 Å². The van der Waals surface area contributed by atoms with Gasteiger partial charge >= 0.3 is 0 Å². The third-order valence-electron chi connectivity index (χ3n) is 6.06. The van der Waals surface area contributed by atoms with E-state index in [1.54, 1.807) is 43.0 Å². The zero-order valence-corrected chi connectivity index (χ0v) is 20.4. The van der Waals surface area contributed by atoms with Crippen LogP contribution in [0.15, 0.2) is 79.0 Å². The molecule has 37 heavy (non-hydrogen) atoms. The van der Waals surface area contributed by atoms with Gasteiger partial charge in [0.1, 0.15) is 22.8 Å². The second-order valence-corrected chi connectivity index (χ2v) is 8.43. The van der Waals surface area contributed by atoms with Gasteiger partial charge in [-0.3, -0.25) is 0 Å². The fourth-order valence-corrected chi connectivity index (χ4v) is 4.16. The van der Waals surface area contributed by atoms with Crippen molar-refractivity contribution >= 4 is 11.3 Å². The number of ether oxygens (including phenoxy) is 2.